The number of hydrogen-bond donors (Lipinski definition) is 1. The van der Waals surface area contributed by atoms with E-state index in [1.54, 1.807) is 22.8 Å². The lowest BCUT2D eigenvalue weighted by molar-refractivity contribution is 0.580. The van der Waals surface area contributed by atoms with E-state index in [2.05, 4.69) is 14.8 Å². The van der Waals surface area contributed by atoms with Gasteiger partial charge in [0.05, 0.1) is 28.9 Å². The van der Waals surface area contributed by atoms with Crippen LogP contribution in [0.1, 0.15) is 16.3 Å². The van der Waals surface area contributed by atoms with E-state index in [4.69, 9.17) is 5.26 Å². The summed E-state index contributed by atoms with van der Waals surface area (Å²) in [4.78, 5) is 4.98. The first-order valence-corrected chi connectivity index (χ1v) is 8.60. The molecule has 3 aromatic rings. The Kier molecular flexibility index (Phi) is 3.66. The summed E-state index contributed by atoms with van der Waals surface area (Å²) >= 11 is 1.43. The van der Waals surface area contributed by atoms with Crippen LogP contribution in [0.15, 0.2) is 35.4 Å². The Morgan fingerprint density at radius 2 is 2.18 bits per heavy atom. The Bertz CT molecular complexity index is 950. The van der Waals surface area contributed by atoms with Gasteiger partial charge >= 0.3 is 0 Å². The van der Waals surface area contributed by atoms with Crippen molar-refractivity contribution in [3.05, 3.63) is 46.7 Å². The standard InChI is InChI=1S/C13H11N5O2S2/c1-9-17-18-8-11(16-13(18)21-9)7-15-22(19,20)12-5-3-2-4-10(12)6-14/h2-5,8,15H,7H2,1H3. The first kappa shape index (κ1) is 14.6. The highest BCUT2D eigenvalue weighted by Gasteiger charge is 2.18. The van der Waals surface area contributed by atoms with Crippen LogP contribution in [-0.2, 0) is 16.6 Å². The third-order valence-electron chi connectivity index (χ3n) is 2.93. The monoisotopic (exact) mass is 333 g/mol. The normalized spacial score (nSPS) is 11.6. The van der Waals surface area contributed by atoms with Crippen LogP contribution in [0.4, 0.5) is 0 Å². The molecule has 0 aliphatic rings. The zero-order valence-electron chi connectivity index (χ0n) is 11.5. The third-order valence-corrected chi connectivity index (χ3v) is 5.23. The summed E-state index contributed by atoms with van der Waals surface area (Å²) in [6.45, 7) is 1.91. The highest BCUT2D eigenvalue weighted by atomic mass is 32.2. The first-order chi connectivity index (χ1) is 10.5. The van der Waals surface area contributed by atoms with Crippen molar-refractivity contribution < 1.29 is 8.42 Å². The molecule has 0 aliphatic carbocycles. The van der Waals surface area contributed by atoms with E-state index in [1.807, 2.05) is 13.0 Å². The molecule has 0 saturated carbocycles. The fraction of sp³-hybridized carbons (Fsp3) is 0.154. The van der Waals surface area contributed by atoms with Crippen LogP contribution in [0.5, 0.6) is 0 Å². The van der Waals surface area contributed by atoms with Crippen molar-refractivity contribution in [1.29, 1.82) is 5.26 Å². The van der Waals surface area contributed by atoms with E-state index < -0.39 is 10.0 Å². The molecule has 0 aliphatic heterocycles. The molecule has 0 spiro atoms. The van der Waals surface area contributed by atoms with E-state index >= 15 is 0 Å². The number of aromatic nitrogens is 3. The number of imidazole rings is 1. The molecule has 0 amide bonds. The second-order valence-corrected chi connectivity index (χ2v) is 7.41. The number of fused-ring (bicyclic) bond motifs is 1. The summed E-state index contributed by atoms with van der Waals surface area (Å²) in [5, 5.41) is 14.1. The van der Waals surface area contributed by atoms with Crippen LogP contribution in [0.3, 0.4) is 0 Å². The lowest BCUT2D eigenvalue weighted by Gasteiger charge is -2.06. The molecule has 2 heterocycles. The van der Waals surface area contributed by atoms with Gasteiger partial charge in [0.2, 0.25) is 15.0 Å². The van der Waals surface area contributed by atoms with E-state index in [0.717, 1.165) is 5.01 Å². The van der Waals surface area contributed by atoms with Crippen molar-refractivity contribution >= 4 is 26.3 Å². The van der Waals surface area contributed by atoms with Gasteiger partial charge in [0, 0.05) is 0 Å². The average Bonchev–Trinajstić information content (AvgIpc) is 3.02. The molecular weight excluding hydrogens is 322 g/mol. The molecule has 0 saturated heterocycles. The molecule has 0 bridgehead atoms. The minimum absolute atomic E-state index is 0.0347. The summed E-state index contributed by atoms with van der Waals surface area (Å²) in [5.74, 6) is 0. The quantitative estimate of drug-likeness (QED) is 0.779. The van der Waals surface area contributed by atoms with E-state index in [-0.39, 0.29) is 17.0 Å². The molecule has 0 atom stereocenters. The number of hydrogen-bond acceptors (Lipinski definition) is 6. The number of nitrogens with one attached hydrogen (secondary N) is 1. The molecular formula is C13H11N5O2S2. The van der Waals surface area contributed by atoms with Crippen LogP contribution in [0, 0.1) is 18.3 Å². The fourth-order valence-corrected chi connectivity index (χ4v) is 3.87. The Morgan fingerprint density at radius 1 is 1.41 bits per heavy atom. The van der Waals surface area contributed by atoms with E-state index in [1.165, 1.54) is 23.5 Å². The predicted molar refractivity (Wildman–Crippen MR) is 80.8 cm³/mol. The maximum Gasteiger partial charge on any atom is 0.242 e. The summed E-state index contributed by atoms with van der Waals surface area (Å²) in [7, 11) is -3.77. The molecule has 0 fully saturated rings. The first-order valence-electron chi connectivity index (χ1n) is 6.30. The average molecular weight is 333 g/mol. The number of sulfonamides is 1. The molecule has 1 aromatic carbocycles. The Morgan fingerprint density at radius 3 is 2.91 bits per heavy atom. The molecule has 0 radical (unpaired) electrons. The van der Waals surface area contributed by atoms with Gasteiger partial charge in [0.1, 0.15) is 11.1 Å². The molecule has 9 heteroatoms. The largest absolute Gasteiger partial charge is 0.242 e. The summed E-state index contributed by atoms with van der Waals surface area (Å²) in [6, 6.07) is 7.94. The minimum atomic E-state index is -3.77. The topological polar surface area (TPSA) is 100 Å². The van der Waals surface area contributed by atoms with Gasteiger partial charge in [-0.15, -0.1) is 0 Å². The SMILES string of the molecule is Cc1nn2cc(CNS(=O)(=O)c3ccccc3C#N)nc2s1. The Labute approximate surface area is 130 Å². The fourth-order valence-electron chi connectivity index (χ4n) is 1.97. The van der Waals surface area contributed by atoms with Gasteiger partial charge < -0.3 is 0 Å². The van der Waals surface area contributed by atoms with Crippen molar-refractivity contribution in [3.63, 3.8) is 0 Å². The summed E-state index contributed by atoms with van der Waals surface area (Å²) in [6.07, 6.45) is 1.68. The van der Waals surface area contributed by atoms with Crippen LogP contribution < -0.4 is 4.72 Å². The molecule has 112 valence electrons. The molecule has 22 heavy (non-hydrogen) atoms. The van der Waals surface area contributed by atoms with Crippen LogP contribution in [0.25, 0.3) is 4.96 Å². The lowest BCUT2D eigenvalue weighted by Crippen LogP contribution is -2.24. The van der Waals surface area contributed by atoms with Gasteiger partial charge in [-0.1, -0.05) is 23.5 Å². The molecule has 1 N–H and O–H groups in total. The van der Waals surface area contributed by atoms with Gasteiger partial charge in [-0.2, -0.15) is 10.4 Å². The van der Waals surface area contributed by atoms with Crippen molar-refractivity contribution in [3.8, 4) is 6.07 Å². The number of nitrogens with zero attached hydrogens (tertiary/aromatic N) is 4. The van der Waals surface area contributed by atoms with Crippen molar-refractivity contribution in [2.75, 3.05) is 0 Å². The van der Waals surface area contributed by atoms with Crippen LogP contribution >= 0.6 is 11.3 Å². The lowest BCUT2D eigenvalue weighted by atomic mass is 10.2. The predicted octanol–water partition coefficient (Wildman–Crippen LogP) is 1.45. The van der Waals surface area contributed by atoms with Gasteiger partial charge in [-0.25, -0.2) is 22.6 Å². The van der Waals surface area contributed by atoms with Gasteiger partial charge in [-0.05, 0) is 19.1 Å². The van der Waals surface area contributed by atoms with Gasteiger partial charge in [-0.3, -0.25) is 0 Å². The van der Waals surface area contributed by atoms with Crippen LogP contribution in [0.2, 0.25) is 0 Å². The maximum absolute atomic E-state index is 12.3. The molecule has 2 aromatic heterocycles. The van der Waals surface area contributed by atoms with Crippen molar-refractivity contribution in [1.82, 2.24) is 19.3 Å². The van der Waals surface area contributed by atoms with Gasteiger partial charge in [0.15, 0.2) is 0 Å². The summed E-state index contributed by atoms with van der Waals surface area (Å²) < 4.78 is 28.6. The molecule has 7 nitrogen and oxygen atoms in total. The minimum Gasteiger partial charge on any atom is -0.221 e. The van der Waals surface area contributed by atoms with E-state index in [9.17, 15) is 8.42 Å². The number of nitriles is 1. The summed E-state index contributed by atoms with van der Waals surface area (Å²) in [5.41, 5.74) is 0.676. The van der Waals surface area contributed by atoms with Gasteiger partial charge in [0.25, 0.3) is 0 Å². The Hall–Kier alpha value is -2.28. The Balaban J connectivity index is 1.82. The van der Waals surface area contributed by atoms with Crippen molar-refractivity contribution in [2.45, 2.75) is 18.4 Å². The highest BCUT2D eigenvalue weighted by molar-refractivity contribution is 7.89. The maximum atomic E-state index is 12.3. The smallest absolute Gasteiger partial charge is 0.221 e. The molecule has 3 rings (SSSR count). The third kappa shape index (κ3) is 2.71. The zero-order chi connectivity index (χ0) is 15.7. The number of benzene rings is 1. The number of aryl methyl sites for hydroxylation is 1. The second-order valence-electron chi connectivity index (χ2n) is 4.51. The van der Waals surface area contributed by atoms with E-state index in [0.29, 0.717) is 10.7 Å². The zero-order valence-corrected chi connectivity index (χ0v) is 13.1. The van der Waals surface area contributed by atoms with Crippen molar-refractivity contribution in [2.24, 2.45) is 0 Å². The highest BCUT2D eigenvalue weighted by Crippen LogP contribution is 2.16. The van der Waals surface area contributed by atoms with Crippen LogP contribution in [-0.4, -0.2) is 23.0 Å². The molecule has 0 unspecified atom stereocenters. The number of rotatable bonds is 4. The second kappa shape index (κ2) is 5.49.